The van der Waals surface area contributed by atoms with Crippen LogP contribution in [0.25, 0.3) is 39.0 Å². The summed E-state index contributed by atoms with van der Waals surface area (Å²) in [5.41, 5.74) is 7.42. The highest BCUT2D eigenvalue weighted by atomic mass is 35.5. The van der Waals surface area contributed by atoms with Crippen molar-refractivity contribution in [2.24, 2.45) is 0 Å². The van der Waals surface area contributed by atoms with Gasteiger partial charge in [-0.1, -0.05) is 24.3 Å². The molecule has 4 nitrogen and oxygen atoms in total. The Morgan fingerprint density at radius 1 is 1.12 bits per heavy atom. The van der Waals surface area contributed by atoms with E-state index in [2.05, 4.69) is 45.1 Å². The SMILES string of the molecule is C=C1CNC/C1=C/C(=C\C)c1cncc(-c2cc(-c3cc(Cl)ccc3F)nc3ncccc23)c1. The summed E-state index contributed by atoms with van der Waals surface area (Å²) in [7, 11) is 0. The minimum Gasteiger partial charge on any atom is -0.309 e. The van der Waals surface area contributed by atoms with Gasteiger partial charge >= 0.3 is 0 Å². The van der Waals surface area contributed by atoms with Gasteiger partial charge in [0.15, 0.2) is 5.65 Å². The van der Waals surface area contributed by atoms with Gasteiger partial charge in [0.2, 0.25) is 0 Å². The third-order valence-corrected chi connectivity index (χ3v) is 6.16. The Balaban J connectivity index is 1.66. The van der Waals surface area contributed by atoms with E-state index >= 15 is 0 Å². The Morgan fingerprint density at radius 2 is 2.00 bits per heavy atom. The molecule has 3 aromatic heterocycles. The molecule has 0 atom stereocenters. The number of nitrogens with one attached hydrogen (secondary N) is 1. The van der Waals surface area contributed by atoms with E-state index in [1.807, 2.05) is 31.3 Å². The summed E-state index contributed by atoms with van der Waals surface area (Å²) in [5, 5.41) is 4.63. The summed E-state index contributed by atoms with van der Waals surface area (Å²) in [4.78, 5) is 13.6. The fourth-order valence-electron chi connectivity index (χ4n) is 4.13. The lowest BCUT2D eigenvalue weighted by Gasteiger charge is -2.12. The first-order chi connectivity index (χ1) is 16.5. The Hall–Kier alpha value is -3.67. The number of fused-ring (bicyclic) bond motifs is 1. The van der Waals surface area contributed by atoms with Gasteiger partial charge in [-0.2, -0.15) is 0 Å². The second kappa shape index (κ2) is 9.29. The number of allylic oxidation sites excluding steroid dienone is 3. The van der Waals surface area contributed by atoms with E-state index in [-0.39, 0.29) is 0 Å². The van der Waals surface area contributed by atoms with Crippen molar-refractivity contribution >= 4 is 28.2 Å². The number of pyridine rings is 3. The number of halogens is 2. The van der Waals surface area contributed by atoms with Gasteiger partial charge in [0.25, 0.3) is 0 Å². The average Bonchev–Trinajstić information content (AvgIpc) is 3.27. The standard InChI is InChI=1S/C28H22ClFN4/c1-3-18(9-19-14-31-13-17(19)2)20-10-21(16-32-15-20)24-12-27(25-11-22(29)6-7-26(25)30)34-28-23(24)5-4-8-33-28/h3-12,15-16,31H,2,13-14H2,1H3/b18-3+,19-9-. The maximum absolute atomic E-state index is 14.7. The van der Waals surface area contributed by atoms with Crippen molar-refractivity contribution in [2.45, 2.75) is 6.92 Å². The minimum absolute atomic E-state index is 0.330. The number of hydrogen-bond acceptors (Lipinski definition) is 4. The molecule has 168 valence electrons. The molecule has 0 amide bonds. The molecule has 5 rings (SSSR count). The van der Waals surface area contributed by atoms with Gasteiger partial charge in [-0.15, -0.1) is 0 Å². The van der Waals surface area contributed by atoms with Crippen molar-refractivity contribution in [2.75, 3.05) is 13.1 Å². The van der Waals surface area contributed by atoms with Crippen LogP contribution < -0.4 is 5.32 Å². The zero-order valence-corrected chi connectivity index (χ0v) is 19.4. The van der Waals surface area contributed by atoms with Crippen LogP contribution >= 0.6 is 11.6 Å². The number of nitrogens with zero attached hydrogens (tertiary/aromatic N) is 3. The second-order valence-electron chi connectivity index (χ2n) is 8.14. The molecule has 0 saturated carbocycles. The summed E-state index contributed by atoms with van der Waals surface area (Å²) in [5.74, 6) is -0.391. The maximum Gasteiger partial charge on any atom is 0.160 e. The van der Waals surface area contributed by atoms with Crippen molar-refractivity contribution < 1.29 is 4.39 Å². The van der Waals surface area contributed by atoms with Crippen molar-refractivity contribution in [3.63, 3.8) is 0 Å². The largest absolute Gasteiger partial charge is 0.309 e. The zero-order chi connectivity index (χ0) is 23.7. The Labute approximate surface area is 202 Å². The Morgan fingerprint density at radius 3 is 2.79 bits per heavy atom. The first-order valence-electron chi connectivity index (χ1n) is 11.0. The molecule has 4 aromatic rings. The van der Waals surface area contributed by atoms with E-state index in [0.29, 0.717) is 21.9 Å². The number of hydrogen-bond donors (Lipinski definition) is 1. The lowest BCUT2D eigenvalue weighted by Crippen LogP contribution is -2.04. The lowest BCUT2D eigenvalue weighted by atomic mass is 9.97. The normalized spacial score (nSPS) is 15.4. The van der Waals surface area contributed by atoms with E-state index in [1.54, 1.807) is 18.5 Å². The topological polar surface area (TPSA) is 50.7 Å². The molecule has 1 aliphatic rings. The van der Waals surface area contributed by atoms with Crippen LogP contribution in [-0.2, 0) is 0 Å². The molecule has 1 N–H and O–H groups in total. The van der Waals surface area contributed by atoms with Crippen LogP contribution in [0.1, 0.15) is 12.5 Å². The van der Waals surface area contributed by atoms with Gasteiger partial charge in [-0.05, 0) is 77.7 Å². The van der Waals surface area contributed by atoms with Gasteiger partial charge in [-0.25, -0.2) is 14.4 Å². The number of benzene rings is 1. The summed E-state index contributed by atoms with van der Waals surface area (Å²) in [6.45, 7) is 7.76. The van der Waals surface area contributed by atoms with Crippen molar-refractivity contribution in [3.05, 3.63) is 107 Å². The van der Waals surface area contributed by atoms with Gasteiger partial charge in [0.05, 0.1) is 5.69 Å². The highest BCUT2D eigenvalue weighted by molar-refractivity contribution is 6.30. The molecule has 0 spiro atoms. The molecule has 34 heavy (non-hydrogen) atoms. The average molecular weight is 469 g/mol. The van der Waals surface area contributed by atoms with Crippen molar-refractivity contribution in [3.8, 4) is 22.4 Å². The molecule has 6 heteroatoms. The summed E-state index contributed by atoms with van der Waals surface area (Å²) in [6, 6.07) is 12.2. The fraction of sp³-hybridized carbons (Fsp3) is 0.107. The molecule has 0 radical (unpaired) electrons. The first kappa shape index (κ1) is 22.1. The van der Waals surface area contributed by atoms with Gasteiger partial charge in [0, 0.05) is 58.8 Å². The molecule has 4 heterocycles. The molecule has 0 aliphatic carbocycles. The predicted molar refractivity (Wildman–Crippen MR) is 137 cm³/mol. The molecule has 0 bridgehead atoms. The van der Waals surface area contributed by atoms with E-state index in [0.717, 1.165) is 46.3 Å². The van der Waals surface area contributed by atoms with E-state index in [1.165, 1.54) is 17.7 Å². The van der Waals surface area contributed by atoms with Gasteiger partial charge < -0.3 is 5.32 Å². The molecule has 1 saturated heterocycles. The van der Waals surface area contributed by atoms with Crippen LogP contribution in [0.2, 0.25) is 5.02 Å². The highest BCUT2D eigenvalue weighted by Gasteiger charge is 2.15. The molecular formula is C28H22ClFN4. The minimum atomic E-state index is -0.391. The van der Waals surface area contributed by atoms with Crippen molar-refractivity contribution in [1.82, 2.24) is 20.3 Å². The van der Waals surface area contributed by atoms with Gasteiger partial charge in [0.1, 0.15) is 5.82 Å². The number of aromatic nitrogens is 3. The molecular weight excluding hydrogens is 447 g/mol. The van der Waals surface area contributed by atoms with Crippen LogP contribution in [0.3, 0.4) is 0 Å². The zero-order valence-electron chi connectivity index (χ0n) is 18.6. The van der Waals surface area contributed by atoms with Crippen LogP contribution in [0.5, 0.6) is 0 Å². The summed E-state index contributed by atoms with van der Waals surface area (Å²) >= 11 is 6.15. The third-order valence-electron chi connectivity index (χ3n) is 5.92. The van der Waals surface area contributed by atoms with Crippen LogP contribution in [0.4, 0.5) is 4.39 Å². The summed E-state index contributed by atoms with van der Waals surface area (Å²) < 4.78 is 14.7. The van der Waals surface area contributed by atoms with E-state index < -0.39 is 5.82 Å². The van der Waals surface area contributed by atoms with Crippen LogP contribution in [0, 0.1) is 5.82 Å². The van der Waals surface area contributed by atoms with Gasteiger partial charge in [-0.3, -0.25) is 4.98 Å². The lowest BCUT2D eigenvalue weighted by molar-refractivity contribution is 0.631. The smallest absolute Gasteiger partial charge is 0.160 e. The molecule has 1 aliphatic heterocycles. The fourth-order valence-corrected chi connectivity index (χ4v) is 4.31. The maximum atomic E-state index is 14.7. The molecule has 1 fully saturated rings. The van der Waals surface area contributed by atoms with Crippen LogP contribution in [0.15, 0.2) is 90.9 Å². The van der Waals surface area contributed by atoms with E-state index in [4.69, 9.17) is 11.6 Å². The number of rotatable bonds is 4. The highest BCUT2D eigenvalue weighted by Crippen LogP contribution is 2.34. The second-order valence-corrected chi connectivity index (χ2v) is 8.57. The summed E-state index contributed by atoms with van der Waals surface area (Å²) in [6.07, 6.45) is 9.55. The van der Waals surface area contributed by atoms with E-state index in [9.17, 15) is 4.39 Å². The predicted octanol–water partition coefficient (Wildman–Crippen LogP) is 6.64. The van der Waals surface area contributed by atoms with Crippen LogP contribution in [-0.4, -0.2) is 28.0 Å². The Kier molecular flexibility index (Phi) is 6.05. The molecule has 0 unspecified atom stereocenters. The third kappa shape index (κ3) is 4.28. The quantitative estimate of drug-likeness (QED) is 0.364. The Bertz CT molecular complexity index is 1490. The first-order valence-corrected chi connectivity index (χ1v) is 11.3. The monoisotopic (exact) mass is 468 g/mol. The van der Waals surface area contributed by atoms with Crippen molar-refractivity contribution in [1.29, 1.82) is 0 Å². The molecule has 1 aromatic carbocycles.